The number of halogens is 1. The average molecular weight is 437 g/mol. The van der Waals surface area contributed by atoms with Gasteiger partial charge < -0.3 is 14.1 Å². The van der Waals surface area contributed by atoms with Crippen molar-refractivity contribution in [2.75, 3.05) is 24.6 Å². The van der Waals surface area contributed by atoms with E-state index < -0.39 is 17.4 Å². The molecule has 142 valence electrons. The molecule has 10 heteroatoms. The van der Waals surface area contributed by atoms with Gasteiger partial charge in [0.05, 0.1) is 15.6 Å². The van der Waals surface area contributed by atoms with Crippen LogP contribution in [0.1, 0.15) is 18.6 Å². The van der Waals surface area contributed by atoms with Crippen LogP contribution in [0.25, 0.3) is 0 Å². The third-order valence-corrected chi connectivity index (χ3v) is 4.45. The third kappa shape index (κ3) is 4.85. The molecule has 1 amide bonds. The standard InChI is InChI=1S/C17H17BrN4O5/c18-13-9-12(27-17(13)21-7-3-4-8-21)10-19-20-16(23)11-26-15-6-2-1-5-14(15)22(24)25/h1-2,5-6,9-10H,3-4,7-8,11H2,(H,20,23)/b19-10+. The summed E-state index contributed by atoms with van der Waals surface area (Å²) in [6.07, 6.45) is 3.64. The Kier molecular flexibility index (Phi) is 6.07. The maximum Gasteiger partial charge on any atom is 0.310 e. The second-order valence-electron chi connectivity index (χ2n) is 5.80. The summed E-state index contributed by atoms with van der Waals surface area (Å²) in [7, 11) is 0. The van der Waals surface area contributed by atoms with Crippen molar-refractivity contribution < 1.29 is 18.9 Å². The predicted octanol–water partition coefficient (Wildman–Crippen LogP) is 3.08. The van der Waals surface area contributed by atoms with Gasteiger partial charge in [-0.15, -0.1) is 0 Å². The Morgan fingerprint density at radius 1 is 1.41 bits per heavy atom. The van der Waals surface area contributed by atoms with E-state index in [1.54, 1.807) is 12.1 Å². The Labute approximate surface area is 163 Å². The van der Waals surface area contributed by atoms with Gasteiger partial charge in [0.2, 0.25) is 5.88 Å². The molecule has 2 heterocycles. The van der Waals surface area contributed by atoms with Gasteiger partial charge in [-0.3, -0.25) is 14.9 Å². The van der Waals surface area contributed by atoms with E-state index >= 15 is 0 Å². The lowest BCUT2D eigenvalue weighted by Crippen LogP contribution is -2.24. The normalized spacial score (nSPS) is 13.9. The second-order valence-corrected chi connectivity index (χ2v) is 6.66. The van der Waals surface area contributed by atoms with Crippen LogP contribution in [0.2, 0.25) is 0 Å². The minimum atomic E-state index is -0.571. The lowest BCUT2D eigenvalue weighted by Gasteiger charge is -2.13. The van der Waals surface area contributed by atoms with Gasteiger partial charge in [0.1, 0.15) is 0 Å². The number of hydrazone groups is 1. The summed E-state index contributed by atoms with van der Waals surface area (Å²) in [5.41, 5.74) is 2.09. The maximum absolute atomic E-state index is 11.8. The van der Waals surface area contributed by atoms with Crippen molar-refractivity contribution in [3.8, 4) is 5.75 Å². The summed E-state index contributed by atoms with van der Waals surface area (Å²) in [5.74, 6) is 0.713. The fourth-order valence-corrected chi connectivity index (χ4v) is 3.21. The summed E-state index contributed by atoms with van der Waals surface area (Å²) in [6, 6.07) is 7.61. The molecule has 1 saturated heterocycles. The van der Waals surface area contributed by atoms with Gasteiger partial charge in [-0.1, -0.05) is 12.1 Å². The zero-order chi connectivity index (χ0) is 19.2. The highest BCUT2D eigenvalue weighted by Crippen LogP contribution is 2.31. The highest BCUT2D eigenvalue weighted by atomic mass is 79.9. The van der Waals surface area contributed by atoms with E-state index in [1.807, 2.05) is 0 Å². The largest absolute Gasteiger partial charge is 0.477 e. The topological polar surface area (TPSA) is 110 Å². The molecule has 1 aromatic heterocycles. The summed E-state index contributed by atoms with van der Waals surface area (Å²) >= 11 is 3.46. The Balaban J connectivity index is 1.52. The van der Waals surface area contributed by atoms with Crippen LogP contribution in [0.5, 0.6) is 5.75 Å². The van der Waals surface area contributed by atoms with Crippen molar-refractivity contribution in [2.45, 2.75) is 12.8 Å². The number of nitrogens with zero attached hydrogens (tertiary/aromatic N) is 3. The van der Waals surface area contributed by atoms with E-state index in [0.29, 0.717) is 5.76 Å². The van der Waals surface area contributed by atoms with Crippen molar-refractivity contribution in [3.63, 3.8) is 0 Å². The molecule has 3 rings (SSSR count). The Bertz CT molecular complexity index is 861. The number of carbonyl (C=O) groups is 1. The number of amides is 1. The van der Waals surface area contributed by atoms with E-state index in [2.05, 4.69) is 31.4 Å². The van der Waals surface area contributed by atoms with Crippen molar-refractivity contribution in [1.82, 2.24) is 5.43 Å². The summed E-state index contributed by atoms with van der Waals surface area (Å²) < 4.78 is 11.7. The van der Waals surface area contributed by atoms with Crippen molar-refractivity contribution >= 4 is 39.6 Å². The average Bonchev–Trinajstić information content (AvgIpc) is 3.29. The van der Waals surface area contributed by atoms with E-state index in [9.17, 15) is 14.9 Å². The van der Waals surface area contributed by atoms with Crippen LogP contribution in [-0.2, 0) is 4.79 Å². The zero-order valence-corrected chi connectivity index (χ0v) is 15.8. The number of para-hydroxylation sites is 2. The SMILES string of the molecule is O=C(COc1ccccc1[N+](=O)[O-])N/N=C/c1cc(Br)c(N2CCCC2)o1. The number of nitrogens with one attached hydrogen (secondary N) is 1. The number of carbonyl (C=O) groups excluding carboxylic acids is 1. The molecule has 0 radical (unpaired) electrons. The third-order valence-electron chi connectivity index (χ3n) is 3.88. The first kappa shape index (κ1) is 18.9. The molecule has 0 spiro atoms. The minimum absolute atomic E-state index is 0.0202. The molecule has 0 saturated carbocycles. The quantitative estimate of drug-likeness (QED) is 0.405. The Hall–Kier alpha value is -2.88. The molecule has 0 aliphatic carbocycles. The van der Waals surface area contributed by atoms with Crippen LogP contribution in [-0.4, -0.2) is 36.7 Å². The minimum Gasteiger partial charge on any atom is -0.477 e. The number of hydrogen-bond donors (Lipinski definition) is 1. The van der Waals surface area contributed by atoms with Gasteiger partial charge in [0.25, 0.3) is 5.91 Å². The van der Waals surface area contributed by atoms with Crippen LogP contribution in [0.15, 0.2) is 44.3 Å². The monoisotopic (exact) mass is 436 g/mol. The van der Waals surface area contributed by atoms with Crippen LogP contribution >= 0.6 is 15.9 Å². The number of ether oxygens (including phenoxy) is 1. The number of benzene rings is 1. The van der Waals surface area contributed by atoms with E-state index in [4.69, 9.17) is 9.15 Å². The highest BCUT2D eigenvalue weighted by molar-refractivity contribution is 9.10. The molecule has 1 aliphatic rings. The molecule has 1 aromatic carbocycles. The zero-order valence-electron chi connectivity index (χ0n) is 14.3. The molecule has 1 fully saturated rings. The lowest BCUT2D eigenvalue weighted by atomic mass is 10.3. The number of nitro groups is 1. The molecular formula is C17H17BrN4O5. The molecule has 27 heavy (non-hydrogen) atoms. The van der Waals surface area contributed by atoms with Gasteiger partial charge in [0, 0.05) is 25.2 Å². The molecule has 0 unspecified atom stereocenters. The molecule has 1 aliphatic heterocycles. The fourth-order valence-electron chi connectivity index (χ4n) is 2.65. The molecular weight excluding hydrogens is 420 g/mol. The van der Waals surface area contributed by atoms with Crippen LogP contribution < -0.4 is 15.1 Å². The highest BCUT2D eigenvalue weighted by Gasteiger charge is 2.19. The lowest BCUT2D eigenvalue weighted by molar-refractivity contribution is -0.385. The van der Waals surface area contributed by atoms with Gasteiger partial charge in [0.15, 0.2) is 18.1 Å². The van der Waals surface area contributed by atoms with Gasteiger partial charge in [-0.25, -0.2) is 5.43 Å². The number of hydrogen-bond acceptors (Lipinski definition) is 7. The molecule has 0 bridgehead atoms. The van der Waals surface area contributed by atoms with Gasteiger partial charge in [-0.2, -0.15) is 5.10 Å². The Morgan fingerprint density at radius 3 is 2.89 bits per heavy atom. The summed E-state index contributed by atoms with van der Waals surface area (Å²) in [4.78, 5) is 24.3. The van der Waals surface area contributed by atoms with Gasteiger partial charge in [-0.05, 0) is 34.8 Å². The van der Waals surface area contributed by atoms with Crippen LogP contribution in [0, 0.1) is 10.1 Å². The van der Waals surface area contributed by atoms with Crippen LogP contribution in [0.4, 0.5) is 11.6 Å². The van der Waals surface area contributed by atoms with Crippen molar-refractivity contribution in [1.29, 1.82) is 0 Å². The van der Waals surface area contributed by atoms with Crippen molar-refractivity contribution in [2.24, 2.45) is 5.10 Å². The maximum atomic E-state index is 11.8. The second kappa shape index (κ2) is 8.67. The number of anilines is 1. The number of rotatable bonds is 7. The van der Waals surface area contributed by atoms with Gasteiger partial charge >= 0.3 is 5.69 Å². The van der Waals surface area contributed by atoms with Crippen LogP contribution in [0.3, 0.4) is 0 Å². The fraction of sp³-hybridized carbons (Fsp3) is 0.294. The number of nitro benzene ring substituents is 1. The molecule has 0 atom stereocenters. The first-order chi connectivity index (χ1) is 13.0. The number of furan rings is 1. The summed E-state index contributed by atoms with van der Waals surface area (Å²) in [5, 5.41) is 14.7. The predicted molar refractivity (Wildman–Crippen MR) is 102 cm³/mol. The van der Waals surface area contributed by atoms with Crippen molar-refractivity contribution in [3.05, 3.63) is 50.7 Å². The van der Waals surface area contributed by atoms with E-state index in [1.165, 1.54) is 24.4 Å². The molecule has 1 N–H and O–H groups in total. The first-order valence-corrected chi connectivity index (χ1v) is 9.06. The Morgan fingerprint density at radius 2 is 2.15 bits per heavy atom. The smallest absolute Gasteiger partial charge is 0.310 e. The van der Waals surface area contributed by atoms with E-state index in [0.717, 1.165) is 36.3 Å². The summed E-state index contributed by atoms with van der Waals surface area (Å²) in [6.45, 7) is 1.49. The molecule has 9 nitrogen and oxygen atoms in total. The first-order valence-electron chi connectivity index (χ1n) is 8.27. The molecule has 2 aromatic rings. The van der Waals surface area contributed by atoms with E-state index in [-0.39, 0.29) is 11.4 Å².